The summed E-state index contributed by atoms with van der Waals surface area (Å²) in [7, 11) is 0. The highest BCUT2D eigenvalue weighted by atomic mass is 16.7. The highest BCUT2D eigenvalue weighted by molar-refractivity contribution is 6.00. The van der Waals surface area contributed by atoms with Gasteiger partial charge in [-0.15, -0.1) is 0 Å². The van der Waals surface area contributed by atoms with Crippen molar-refractivity contribution in [2.45, 2.75) is 39.2 Å². The van der Waals surface area contributed by atoms with Gasteiger partial charge in [0, 0.05) is 12.5 Å². The molecule has 0 amide bonds. The largest absolute Gasteiger partial charge is 0.488 e. The van der Waals surface area contributed by atoms with Crippen LogP contribution < -0.4 is 4.74 Å². The molecule has 3 rings (SSSR count). The Kier molecular flexibility index (Phi) is 3.85. The summed E-state index contributed by atoms with van der Waals surface area (Å²) < 4.78 is 7.49. The molecule has 0 saturated carbocycles. The molecule has 7 nitrogen and oxygen atoms in total. The topological polar surface area (TPSA) is 78.6 Å². The first-order valence-corrected chi connectivity index (χ1v) is 7.37. The van der Waals surface area contributed by atoms with Crippen LogP contribution in [-0.2, 0) is 16.1 Å². The SMILES string of the molecule is CC(=O)O/N=C(\c1ccc2c(c1)OC(C)(C)CC2)n1cncn1. The van der Waals surface area contributed by atoms with Crippen molar-refractivity contribution in [3.63, 3.8) is 0 Å². The van der Waals surface area contributed by atoms with Crippen molar-refractivity contribution in [1.29, 1.82) is 0 Å². The number of carbonyl (C=O) groups excluding carboxylic acids is 1. The fraction of sp³-hybridized carbons (Fsp3) is 0.375. The molecule has 7 heteroatoms. The van der Waals surface area contributed by atoms with Crippen molar-refractivity contribution in [3.05, 3.63) is 42.0 Å². The molecule has 0 unspecified atom stereocenters. The van der Waals surface area contributed by atoms with Gasteiger partial charge in [0.25, 0.3) is 0 Å². The summed E-state index contributed by atoms with van der Waals surface area (Å²) in [5, 5.41) is 7.95. The number of hydrogen-bond donors (Lipinski definition) is 0. The molecule has 0 N–H and O–H groups in total. The number of benzene rings is 1. The first-order valence-electron chi connectivity index (χ1n) is 7.37. The molecule has 23 heavy (non-hydrogen) atoms. The van der Waals surface area contributed by atoms with Gasteiger partial charge in [0.05, 0.1) is 0 Å². The fourth-order valence-electron chi connectivity index (χ4n) is 2.43. The van der Waals surface area contributed by atoms with Crippen LogP contribution in [0.4, 0.5) is 0 Å². The Morgan fingerprint density at radius 2 is 2.26 bits per heavy atom. The van der Waals surface area contributed by atoms with E-state index in [2.05, 4.69) is 29.1 Å². The number of carbonyl (C=O) groups is 1. The van der Waals surface area contributed by atoms with Gasteiger partial charge >= 0.3 is 5.97 Å². The molecule has 1 aromatic carbocycles. The van der Waals surface area contributed by atoms with Gasteiger partial charge in [-0.1, -0.05) is 17.3 Å². The van der Waals surface area contributed by atoms with Gasteiger partial charge < -0.3 is 9.57 Å². The number of aromatic nitrogens is 3. The molecule has 0 radical (unpaired) electrons. The summed E-state index contributed by atoms with van der Waals surface area (Å²) in [6.45, 7) is 5.42. The van der Waals surface area contributed by atoms with Gasteiger partial charge in [-0.25, -0.2) is 9.78 Å². The van der Waals surface area contributed by atoms with E-state index in [0.717, 1.165) is 29.7 Å². The second-order valence-corrected chi connectivity index (χ2v) is 6.02. The Morgan fingerprint density at radius 3 is 2.96 bits per heavy atom. The molecule has 0 saturated heterocycles. The van der Waals surface area contributed by atoms with Gasteiger partial charge in [-0.3, -0.25) is 0 Å². The smallest absolute Gasteiger partial charge is 0.332 e. The van der Waals surface area contributed by atoms with E-state index in [1.165, 1.54) is 24.3 Å². The number of rotatable bonds is 2. The van der Waals surface area contributed by atoms with Crippen LogP contribution in [0.3, 0.4) is 0 Å². The van der Waals surface area contributed by atoms with Gasteiger partial charge in [0.1, 0.15) is 24.0 Å². The first-order chi connectivity index (χ1) is 10.9. The van der Waals surface area contributed by atoms with E-state index in [1.807, 2.05) is 18.2 Å². The van der Waals surface area contributed by atoms with E-state index in [0.29, 0.717) is 5.84 Å². The molecule has 2 aromatic rings. The molecule has 0 fully saturated rings. The van der Waals surface area contributed by atoms with E-state index in [-0.39, 0.29) is 5.60 Å². The average Bonchev–Trinajstić information content (AvgIpc) is 3.00. The van der Waals surface area contributed by atoms with E-state index in [1.54, 1.807) is 0 Å². The zero-order valence-corrected chi connectivity index (χ0v) is 13.3. The second kappa shape index (κ2) is 5.83. The van der Waals surface area contributed by atoms with Crippen molar-refractivity contribution < 1.29 is 14.4 Å². The number of oxime groups is 1. The Balaban J connectivity index is 2.00. The minimum Gasteiger partial charge on any atom is -0.488 e. The Bertz CT molecular complexity index is 751. The third-order valence-corrected chi connectivity index (χ3v) is 3.60. The van der Waals surface area contributed by atoms with Crippen LogP contribution in [0.5, 0.6) is 5.75 Å². The molecule has 1 aliphatic heterocycles. The minimum absolute atomic E-state index is 0.202. The molecule has 120 valence electrons. The molecule has 1 aliphatic rings. The van der Waals surface area contributed by atoms with E-state index in [9.17, 15) is 4.79 Å². The summed E-state index contributed by atoms with van der Waals surface area (Å²) in [6.07, 6.45) is 4.81. The highest BCUT2D eigenvalue weighted by Crippen LogP contribution is 2.33. The monoisotopic (exact) mass is 314 g/mol. The molecule has 1 aromatic heterocycles. The molecule has 2 heterocycles. The van der Waals surface area contributed by atoms with Gasteiger partial charge in [-0.2, -0.15) is 9.78 Å². The molecular formula is C16H18N4O3. The first kappa shape index (κ1) is 15.2. The Morgan fingerprint density at radius 1 is 1.43 bits per heavy atom. The van der Waals surface area contributed by atoms with E-state index in [4.69, 9.17) is 9.57 Å². The van der Waals surface area contributed by atoms with Gasteiger partial charge in [0.15, 0.2) is 0 Å². The summed E-state index contributed by atoms with van der Waals surface area (Å²) >= 11 is 0. The summed E-state index contributed by atoms with van der Waals surface area (Å²) in [4.78, 5) is 19.8. The maximum absolute atomic E-state index is 11.1. The lowest BCUT2D eigenvalue weighted by Gasteiger charge is -2.32. The van der Waals surface area contributed by atoms with Crippen molar-refractivity contribution in [3.8, 4) is 5.75 Å². The zero-order valence-electron chi connectivity index (χ0n) is 13.3. The molecule has 0 spiro atoms. The standard InChI is InChI=1S/C16H18N4O3/c1-11(21)23-19-15(20-10-17-9-18-20)13-5-4-12-6-7-16(2,3)22-14(12)8-13/h4-5,8-10H,6-7H2,1-3H3/b19-15+. The highest BCUT2D eigenvalue weighted by Gasteiger charge is 2.27. The van der Waals surface area contributed by atoms with E-state index >= 15 is 0 Å². The maximum atomic E-state index is 11.1. The average molecular weight is 314 g/mol. The van der Waals surface area contributed by atoms with Crippen LogP contribution in [0.15, 0.2) is 36.0 Å². The lowest BCUT2D eigenvalue weighted by molar-refractivity contribution is -0.140. The van der Waals surface area contributed by atoms with Crippen LogP contribution >= 0.6 is 0 Å². The predicted molar refractivity (Wildman–Crippen MR) is 83.2 cm³/mol. The third kappa shape index (κ3) is 3.39. The summed E-state index contributed by atoms with van der Waals surface area (Å²) in [5.41, 5.74) is 1.68. The number of fused-ring (bicyclic) bond motifs is 1. The fourth-order valence-corrected chi connectivity index (χ4v) is 2.43. The lowest BCUT2D eigenvalue weighted by Crippen LogP contribution is -2.32. The predicted octanol–water partition coefficient (Wildman–Crippen LogP) is 2.15. The summed E-state index contributed by atoms with van der Waals surface area (Å²) in [6, 6.07) is 5.80. The molecule has 0 atom stereocenters. The van der Waals surface area contributed by atoms with Crippen molar-refractivity contribution in [1.82, 2.24) is 14.8 Å². The quantitative estimate of drug-likeness (QED) is 0.367. The molecule has 0 bridgehead atoms. The van der Waals surface area contributed by atoms with Crippen LogP contribution in [0.2, 0.25) is 0 Å². The number of ether oxygens (including phenoxy) is 1. The Labute approximate surface area is 133 Å². The van der Waals surface area contributed by atoms with E-state index < -0.39 is 5.97 Å². The minimum atomic E-state index is -0.502. The van der Waals surface area contributed by atoms with Crippen LogP contribution in [0.1, 0.15) is 38.3 Å². The maximum Gasteiger partial charge on any atom is 0.332 e. The van der Waals surface area contributed by atoms with Gasteiger partial charge in [-0.05, 0) is 38.3 Å². The third-order valence-electron chi connectivity index (χ3n) is 3.60. The van der Waals surface area contributed by atoms with Crippen LogP contribution in [0.25, 0.3) is 0 Å². The number of hydrogen-bond acceptors (Lipinski definition) is 6. The second-order valence-electron chi connectivity index (χ2n) is 6.02. The zero-order chi connectivity index (χ0) is 16.4. The number of nitrogens with zero attached hydrogens (tertiary/aromatic N) is 4. The van der Waals surface area contributed by atoms with Crippen LogP contribution in [-0.4, -0.2) is 32.2 Å². The molecular weight excluding hydrogens is 296 g/mol. The summed E-state index contributed by atoms with van der Waals surface area (Å²) in [5.74, 6) is 0.680. The molecule has 0 aliphatic carbocycles. The van der Waals surface area contributed by atoms with Gasteiger partial charge in [0.2, 0.25) is 5.84 Å². The van der Waals surface area contributed by atoms with Crippen molar-refractivity contribution in [2.24, 2.45) is 5.16 Å². The Hall–Kier alpha value is -2.70. The van der Waals surface area contributed by atoms with Crippen molar-refractivity contribution >= 4 is 11.8 Å². The number of aryl methyl sites for hydroxylation is 1. The lowest BCUT2D eigenvalue weighted by atomic mass is 9.93. The van der Waals surface area contributed by atoms with Crippen LogP contribution in [0, 0.1) is 0 Å². The van der Waals surface area contributed by atoms with Crippen molar-refractivity contribution in [2.75, 3.05) is 0 Å². The normalized spacial score (nSPS) is 16.4.